The molecule has 0 fully saturated rings. The number of hydrogen-bond acceptors (Lipinski definition) is 12. The summed E-state index contributed by atoms with van der Waals surface area (Å²) in [6.45, 7) is 8.72. The molecule has 0 aliphatic rings. The topological polar surface area (TPSA) is 217 Å². The van der Waals surface area contributed by atoms with Crippen LogP contribution in [0.4, 0.5) is 29.0 Å². The molecule has 1 atom stereocenters. The number of carbonyl (C=O) groups excluding carboxylic acids is 2. The zero-order chi connectivity index (χ0) is 35.9. The number of azo groups is 1. The standard InChI is InChI=1S/C33H38N8O7S/c1-18-13-23(14-19(2)27(18)36-32-37-31(38-33(44)39-32)34-11-12-49(45,46)47)17-24-15-20(3)28(21(4)16-24)40-41-29(22(5)42)30(43)35-25-9-7-8-10-26(25)48-6/h7-10,13-16,29H,11-12,17H2,1-6H3,(H,35,43)(H,45,46,47)(H3,34,36,37,38,39,44). The Morgan fingerprint density at radius 2 is 1.59 bits per heavy atom. The molecule has 258 valence electrons. The number of nitrogens with one attached hydrogen (secondary N) is 4. The van der Waals surface area contributed by atoms with Crippen molar-refractivity contribution in [3.05, 3.63) is 92.4 Å². The number of benzene rings is 3. The quantitative estimate of drug-likeness (QED) is 0.0693. The van der Waals surface area contributed by atoms with Gasteiger partial charge in [0.05, 0.1) is 24.2 Å². The van der Waals surface area contributed by atoms with Crippen LogP contribution in [0.15, 0.2) is 63.6 Å². The third kappa shape index (κ3) is 10.0. The first kappa shape index (κ1) is 36.4. The van der Waals surface area contributed by atoms with Crippen molar-refractivity contribution in [1.29, 1.82) is 0 Å². The Balaban J connectivity index is 1.48. The first-order valence-corrected chi connectivity index (χ1v) is 16.7. The molecule has 0 spiro atoms. The molecule has 0 saturated carbocycles. The summed E-state index contributed by atoms with van der Waals surface area (Å²) in [5.41, 5.74) is 6.49. The van der Waals surface area contributed by atoms with Gasteiger partial charge in [-0.3, -0.25) is 19.1 Å². The average Bonchev–Trinajstić information content (AvgIpc) is 2.99. The highest BCUT2D eigenvalue weighted by molar-refractivity contribution is 7.85. The van der Waals surface area contributed by atoms with Gasteiger partial charge in [0.25, 0.3) is 16.0 Å². The Labute approximate surface area is 283 Å². The van der Waals surface area contributed by atoms with Gasteiger partial charge in [0, 0.05) is 12.2 Å². The second-order valence-corrected chi connectivity index (χ2v) is 13.0. The van der Waals surface area contributed by atoms with Crippen molar-refractivity contribution < 1.29 is 27.3 Å². The predicted molar refractivity (Wildman–Crippen MR) is 186 cm³/mol. The molecule has 0 bridgehead atoms. The number of aromatic amines is 1. The monoisotopic (exact) mass is 690 g/mol. The largest absolute Gasteiger partial charge is 0.495 e. The molecule has 1 heterocycles. The molecular formula is C33H38N8O7S. The molecular weight excluding hydrogens is 652 g/mol. The van der Waals surface area contributed by atoms with E-state index < -0.39 is 39.3 Å². The van der Waals surface area contributed by atoms with Crippen LogP contribution in [0.5, 0.6) is 5.75 Å². The van der Waals surface area contributed by atoms with Gasteiger partial charge in [-0.2, -0.15) is 28.6 Å². The fourth-order valence-electron chi connectivity index (χ4n) is 5.21. The molecule has 3 aromatic carbocycles. The van der Waals surface area contributed by atoms with Crippen LogP contribution in [0.25, 0.3) is 0 Å². The van der Waals surface area contributed by atoms with Gasteiger partial charge in [0.1, 0.15) is 5.75 Å². The molecule has 1 amide bonds. The van der Waals surface area contributed by atoms with E-state index in [4.69, 9.17) is 9.29 Å². The van der Waals surface area contributed by atoms with Gasteiger partial charge in [0.2, 0.25) is 17.9 Å². The van der Waals surface area contributed by atoms with E-state index in [1.54, 1.807) is 24.3 Å². The van der Waals surface area contributed by atoms with Gasteiger partial charge in [-0.1, -0.05) is 36.4 Å². The van der Waals surface area contributed by atoms with Gasteiger partial charge in [0.15, 0.2) is 5.78 Å². The van der Waals surface area contributed by atoms with Crippen molar-refractivity contribution in [2.24, 2.45) is 10.2 Å². The summed E-state index contributed by atoms with van der Waals surface area (Å²) < 4.78 is 36.1. The highest BCUT2D eigenvalue weighted by Crippen LogP contribution is 2.30. The molecule has 15 nitrogen and oxygen atoms in total. The number of H-pyrrole nitrogens is 1. The number of para-hydroxylation sites is 2. The number of amides is 1. The van der Waals surface area contributed by atoms with Crippen LogP contribution in [-0.2, 0) is 26.1 Å². The summed E-state index contributed by atoms with van der Waals surface area (Å²) in [4.78, 5) is 47.8. The number of ketones is 1. The minimum absolute atomic E-state index is 0.0940. The fraction of sp³-hybridized carbons (Fsp3) is 0.303. The van der Waals surface area contributed by atoms with E-state index in [9.17, 15) is 22.8 Å². The van der Waals surface area contributed by atoms with E-state index in [0.29, 0.717) is 23.5 Å². The number of aromatic nitrogens is 3. The molecule has 1 aromatic heterocycles. The van der Waals surface area contributed by atoms with Gasteiger partial charge >= 0.3 is 5.69 Å². The van der Waals surface area contributed by atoms with Crippen molar-refractivity contribution in [3.63, 3.8) is 0 Å². The summed E-state index contributed by atoms with van der Waals surface area (Å²) in [6, 6.07) is 13.5. The Bertz CT molecular complexity index is 2030. The van der Waals surface area contributed by atoms with Crippen LogP contribution in [0.3, 0.4) is 0 Å². The maximum atomic E-state index is 13.0. The fourth-order valence-corrected chi connectivity index (χ4v) is 5.57. The third-order valence-electron chi connectivity index (χ3n) is 7.36. The molecule has 5 N–H and O–H groups in total. The lowest BCUT2D eigenvalue weighted by molar-refractivity contribution is -0.126. The molecule has 4 rings (SSSR count). The van der Waals surface area contributed by atoms with Crippen molar-refractivity contribution in [2.75, 3.05) is 35.4 Å². The van der Waals surface area contributed by atoms with Crippen LogP contribution in [0.1, 0.15) is 40.3 Å². The normalized spacial score (nSPS) is 12.1. The summed E-state index contributed by atoms with van der Waals surface area (Å²) in [6.07, 6.45) is 0.602. The van der Waals surface area contributed by atoms with Gasteiger partial charge in [-0.25, -0.2) is 4.79 Å². The molecule has 4 aromatic rings. The molecule has 0 aliphatic heterocycles. The zero-order valence-electron chi connectivity index (χ0n) is 27.9. The number of carbonyl (C=O) groups is 2. The van der Waals surface area contributed by atoms with Crippen LogP contribution >= 0.6 is 0 Å². The number of Topliss-reactive ketones (excluding diaryl/α,β-unsaturated/α-hetero) is 1. The molecule has 1 unspecified atom stereocenters. The third-order valence-corrected chi connectivity index (χ3v) is 8.08. The minimum atomic E-state index is -4.19. The number of rotatable bonds is 14. The van der Waals surface area contributed by atoms with Crippen molar-refractivity contribution >= 4 is 50.8 Å². The molecule has 49 heavy (non-hydrogen) atoms. The van der Waals surface area contributed by atoms with Crippen LogP contribution in [0, 0.1) is 27.7 Å². The Morgan fingerprint density at radius 1 is 0.980 bits per heavy atom. The number of nitrogens with zero attached hydrogens (tertiary/aromatic N) is 4. The summed E-state index contributed by atoms with van der Waals surface area (Å²) >= 11 is 0. The average molecular weight is 691 g/mol. The minimum Gasteiger partial charge on any atom is -0.495 e. The van der Waals surface area contributed by atoms with Crippen LogP contribution in [0.2, 0.25) is 0 Å². The molecule has 0 radical (unpaired) electrons. The predicted octanol–water partition coefficient (Wildman–Crippen LogP) is 4.72. The van der Waals surface area contributed by atoms with E-state index in [2.05, 4.69) is 41.1 Å². The lowest BCUT2D eigenvalue weighted by Gasteiger charge is -2.15. The highest BCUT2D eigenvalue weighted by Gasteiger charge is 2.24. The summed E-state index contributed by atoms with van der Waals surface area (Å²) in [7, 11) is -2.70. The van der Waals surface area contributed by atoms with E-state index in [1.165, 1.54) is 14.0 Å². The van der Waals surface area contributed by atoms with Crippen LogP contribution in [-0.4, -0.2) is 65.1 Å². The number of methoxy groups -OCH3 is 1. The number of anilines is 4. The second-order valence-electron chi connectivity index (χ2n) is 11.4. The van der Waals surface area contributed by atoms with Crippen molar-refractivity contribution in [3.8, 4) is 5.75 Å². The van der Waals surface area contributed by atoms with E-state index in [0.717, 1.165) is 39.1 Å². The van der Waals surface area contributed by atoms with Crippen molar-refractivity contribution in [1.82, 2.24) is 15.0 Å². The maximum absolute atomic E-state index is 13.0. The lowest BCUT2D eigenvalue weighted by atomic mass is 9.96. The first-order valence-electron chi connectivity index (χ1n) is 15.1. The number of hydrogen-bond donors (Lipinski definition) is 5. The van der Waals surface area contributed by atoms with E-state index in [-0.39, 0.29) is 18.4 Å². The first-order chi connectivity index (χ1) is 23.1. The maximum Gasteiger partial charge on any atom is 0.351 e. The van der Waals surface area contributed by atoms with E-state index in [1.807, 2.05) is 52.0 Å². The smallest absolute Gasteiger partial charge is 0.351 e. The number of ether oxygens (including phenoxy) is 1. The molecule has 16 heteroatoms. The highest BCUT2D eigenvalue weighted by atomic mass is 32.2. The van der Waals surface area contributed by atoms with Gasteiger partial charge in [-0.05, 0) is 86.6 Å². The zero-order valence-corrected chi connectivity index (χ0v) is 28.7. The Hall–Kier alpha value is -5.48. The lowest BCUT2D eigenvalue weighted by Crippen LogP contribution is -2.32. The summed E-state index contributed by atoms with van der Waals surface area (Å²) in [5.74, 6) is -1.17. The second kappa shape index (κ2) is 15.6. The van der Waals surface area contributed by atoms with E-state index >= 15 is 0 Å². The Morgan fingerprint density at radius 3 is 2.18 bits per heavy atom. The number of aryl methyl sites for hydroxylation is 4. The SMILES string of the molecule is COc1ccccc1NC(=O)C(N=Nc1c(C)cc(Cc2cc(C)c(Nc3nc(NCCS(=O)(=O)O)nc(=O)[nH]3)c(C)c2)cc1C)C(C)=O. The summed E-state index contributed by atoms with van der Waals surface area (Å²) in [5, 5.41) is 16.9. The van der Waals surface area contributed by atoms with Gasteiger partial charge in [-0.15, -0.1) is 0 Å². The Kier molecular flexibility index (Phi) is 11.6. The molecule has 0 saturated heterocycles. The van der Waals surface area contributed by atoms with Gasteiger partial charge < -0.3 is 20.7 Å². The van der Waals surface area contributed by atoms with Crippen LogP contribution < -0.4 is 26.4 Å². The van der Waals surface area contributed by atoms with Crippen molar-refractivity contribution in [2.45, 2.75) is 47.1 Å². The molecule has 0 aliphatic carbocycles.